The van der Waals surface area contributed by atoms with E-state index in [1.807, 2.05) is 13.8 Å². The van der Waals surface area contributed by atoms with Crippen LogP contribution < -0.4 is 5.73 Å². The third-order valence-electron chi connectivity index (χ3n) is 2.28. The molecule has 2 fully saturated rings. The summed E-state index contributed by atoms with van der Waals surface area (Å²) in [6, 6.07) is 0.785. The van der Waals surface area contributed by atoms with Crippen molar-refractivity contribution in [2.45, 2.75) is 32.7 Å². The molecule has 0 aromatic carbocycles. The van der Waals surface area contributed by atoms with E-state index in [1.54, 1.807) is 7.05 Å². The average molecular weight is 189 g/mol. The molecule has 80 valence electrons. The highest BCUT2D eigenvalue weighted by molar-refractivity contribution is 4.80. The summed E-state index contributed by atoms with van der Waals surface area (Å²) in [6.45, 7) is 8.60. The van der Waals surface area contributed by atoms with Gasteiger partial charge in [-0.25, -0.2) is 0 Å². The number of likely N-dealkylation sites (tertiary alicyclic amines) is 1. The van der Waals surface area contributed by atoms with E-state index in [9.17, 15) is 0 Å². The van der Waals surface area contributed by atoms with Crippen LogP contribution in [0.15, 0.2) is 0 Å². The summed E-state index contributed by atoms with van der Waals surface area (Å²) in [4.78, 5) is 2.55. The molecule has 3 heteroatoms. The molecule has 0 atom stereocenters. The van der Waals surface area contributed by atoms with Crippen molar-refractivity contribution in [1.82, 2.24) is 4.90 Å². The molecule has 0 aliphatic carbocycles. The van der Waals surface area contributed by atoms with Crippen LogP contribution in [0.5, 0.6) is 0 Å². The second kappa shape index (κ2) is 8.48. The largest absolute Gasteiger partial charge is 0.378 e. The molecule has 3 nitrogen and oxygen atoms in total. The number of hydrogen-bond acceptors (Lipinski definition) is 2. The maximum Gasteiger partial charge on any atom is 0.0645 e. The van der Waals surface area contributed by atoms with Crippen LogP contribution in [0.25, 0.3) is 0 Å². The van der Waals surface area contributed by atoms with Gasteiger partial charge in [-0.2, -0.15) is 0 Å². The number of hydrogen-bond donors (Lipinski definition) is 1. The van der Waals surface area contributed by atoms with Gasteiger partial charge >= 0.3 is 0 Å². The zero-order valence-electron chi connectivity index (χ0n) is 9.38. The van der Waals surface area contributed by atoms with Crippen LogP contribution in [0.3, 0.4) is 0 Å². The van der Waals surface area contributed by atoms with Gasteiger partial charge in [0.1, 0.15) is 0 Å². The molecule has 0 bridgehead atoms. The predicted octanol–water partition coefficient (Wildman–Crippen LogP) is 0.365. The highest BCUT2D eigenvalue weighted by atomic mass is 16.5. The molecule has 2 rings (SSSR count). The Kier molecular flexibility index (Phi) is 8.40. The van der Waals surface area contributed by atoms with Gasteiger partial charge in [0.05, 0.1) is 26.3 Å². The Bertz CT molecular complexity index is 99.1. The van der Waals surface area contributed by atoms with Crippen LogP contribution in [-0.2, 0) is 4.74 Å². The highest BCUT2D eigenvalue weighted by Crippen LogP contribution is 2.16. The Labute approximate surface area is 82.2 Å². The Morgan fingerprint density at radius 1 is 1.08 bits per heavy atom. The van der Waals surface area contributed by atoms with Crippen molar-refractivity contribution in [3.8, 4) is 0 Å². The fourth-order valence-corrected chi connectivity index (χ4v) is 1.54. The fourth-order valence-electron chi connectivity index (χ4n) is 1.54. The van der Waals surface area contributed by atoms with Crippen LogP contribution in [0.1, 0.15) is 26.7 Å². The average Bonchev–Trinajstić information content (AvgIpc) is 2.62. The van der Waals surface area contributed by atoms with E-state index in [0.717, 1.165) is 19.3 Å². The zero-order chi connectivity index (χ0) is 10.1. The quantitative estimate of drug-likeness (QED) is 0.647. The Hall–Kier alpha value is -0.120. The minimum absolute atomic E-state index is 0.785. The Morgan fingerprint density at radius 3 is 1.85 bits per heavy atom. The van der Waals surface area contributed by atoms with Crippen LogP contribution in [0.4, 0.5) is 0 Å². The maximum absolute atomic E-state index is 5.11. The number of ether oxygens (including phenoxy) is 1. The second-order valence-corrected chi connectivity index (χ2v) is 2.93. The molecular formula is C10H25N2O+. The van der Waals surface area contributed by atoms with Crippen molar-refractivity contribution in [2.75, 3.05) is 33.4 Å². The molecule has 2 aliphatic heterocycles. The van der Waals surface area contributed by atoms with Crippen LogP contribution in [0.2, 0.25) is 0 Å². The van der Waals surface area contributed by atoms with Gasteiger partial charge in [0.15, 0.2) is 0 Å². The van der Waals surface area contributed by atoms with Crippen molar-refractivity contribution in [2.24, 2.45) is 0 Å². The third kappa shape index (κ3) is 4.07. The summed E-state index contributed by atoms with van der Waals surface area (Å²) in [7, 11) is 1.75. The van der Waals surface area contributed by atoms with Gasteiger partial charge < -0.3 is 10.5 Å². The molecule has 0 saturated carbocycles. The lowest BCUT2D eigenvalue weighted by Crippen LogP contribution is -2.47. The van der Waals surface area contributed by atoms with Crippen molar-refractivity contribution in [1.29, 1.82) is 0 Å². The summed E-state index contributed by atoms with van der Waals surface area (Å²) < 4.78 is 5.11. The van der Waals surface area contributed by atoms with Gasteiger partial charge in [0.25, 0.3) is 0 Å². The predicted molar refractivity (Wildman–Crippen MR) is 55.6 cm³/mol. The van der Waals surface area contributed by atoms with E-state index in [0.29, 0.717) is 0 Å². The molecule has 2 aliphatic rings. The van der Waals surface area contributed by atoms with Gasteiger partial charge in [0, 0.05) is 0 Å². The van der Waals surface area contributed by atoms with Gasteiger partial charge in [0.2, 0.25) is 0 Å². The topological polar surface area (TPSA) is 40.1 Å². The molecular weight excluding hydrogens is 164 g/mol. The lowest BCUT2D eigenvalue weighted by Gasteiger charge is -2.34. The standard InChI is InChI=1S/C7H13NO.C2H6.CH5N/c1-2-4-8(3-1)7-5-9-6-7;2*1-2/h7H,1-6H2;1-2H3;2H2,1H3/p+1. The van der Waals surface area contributed by atoms with Gasteiger partial charge in [-0.1, -0.05) is 13.8 Å². The lowest BCUT2D eigenvalue weighted by atomic mass is 10.2. The SMILES string of the molecule is C1CCN(C2COC2)C1.CC.C[NH3+]. The van der Waals surface area contributed by atoms with Gasteiger partial charge in [-0.3, -0.25) is 4.90 Å². The smallest absolute Gasteiger partial charge is 0.0645 e. The molecule has 0 aromatic heterocycles. The molecule has 0 aromatic rings. The first kappa shape index (κ1) is 12.9. The van der Waals surface area contributed by atoms with E-state index in [-0.39, 0.29) is 0 Å². The molecule has 0 amide bonds. The third-order valence-corrected chi connectivity index (χ3v) is 2.28. The molecule has 2 heterocycles. The first-order chi connectivity index (χ1) is 6.47. The first-order valence-electron chi connectivity index (χ1n) is 5.49. The van der Waals surface area contributed by atoms with Gasteiger partial charge in [-0.05, 0) is 25.9 Å². The number of quaternary nitrogens is 1. The summed E-state index contributed by atoms with van der Waals surface area (Å²) >= 11 is 0. The summed E-state index contributed by atoms with van der Waals surface area (Å²) in [5.41, 5.74) is 3.25. The highest BCUT2D eigenvalue weighted by Gasteiger charge is 2.27. The van der Waals surface area contributed by atoms with E-state index >= 15 is 0 Å². The second-order valence-electron chi connectivity index (χ2n) is 2.93. The van der Waals surface area contributed by atoms with Gasteiger partial charge in [-0.15, -0.1) is 0 Å². The summed E-state index contributed by atoms with van der Waals surface area (Å²) in [5.74, 6) is 0. The van der Waals surface area contributed by atoms with Crippen LogP contribution in [-0.4, -0.2) is 44.3 Å². The molecule has 0 spiro atoms. The minimum Gasteiger partial charge on any atom is -0.378 e. The zero-order valence-corrected chi connectivity index (χ0v) is 9.38. The molecule has 0 unspecified atom stereocenters. The Morgan fingerprint density at radius 2 is 1.54 bits per heavy atom. The lowest BCUT2D eigenvalue weighted by molar-refractivity contribution is -0.325. The summed E-state index contributed by atoms with van der Waals surface area (Å²) in [5, 5.41) is 0. The molecule has 2 saturated heterocycles. The maximum atomic E-state index is 5.11. The van der Waals surface area contributed by atoms with Crippen molar-refractivity contribution in [3.05, 3.63) is 0 Å². The molecule has 0 radical (unpaired) electrons. The number of nitrogens with zero attached hydrogens (tertiary/aromatic N) is 1. The fraction of sp³-hybridized carbons (Fsp3) is 1.00. The molecule has 13 heavy (non-hydrogen) atoms. The van der Waals surface area contributed by atoms with Crippen molar-refractivity contribution in [3.63, 3.8) is 0 Å². The molecule has 3 N–H and O–H groups in total. The van der Waals surface area contributed by atoms with E-state index in [1.165, 1.54) is 25.9 Å². The monoisotopic (exact) mass is 189 g/mol. The van der Waals surface area contributed by atoms with Crippen molar-refractivity contribution < 1.29 is 10.5 Å². The number of rotatable bonds is 1. The van der Waals surface area contributed by atoms with E-state index in [4.69, 9.17) is 4.74 Å². The van der Waals surface area contributed by atoms with Crippen LogP contribution >= 0.6 is 0 Å². The summed E-state index contributed by atoms with van der Waals surface area (Å²) in [6.07, 6.45) is 2.80. The van der Waals surface area contributed by atoms with Crippen molar-refractivity contribution >= 4 is 0 Å². The van der Waals surface area contributed by atoms with E-state index < -0.39 is 0 Å². The van der Waals surface area contributed by atoms with Crippen LogP contribution in [0, 0.1) is 0 Å². The van der Waals surface area contributed by atoms with E-state index in [2.05, 4.69) is 10.6 Å². The minimum atomic E-state index is 0.785. The normalized spacial score (nSPS) is 22.2. The first-order valence-corrected chi connectivity index (χ1v) is 5.49. The Balaban J connectivity index is 0.000000322.